The Balaban J connectivity index is -0.000000161. The van der Waals surface area contributed by atoms with E-state index < -0.39 is 0 Å². The molecule has 2 unspecified atom stereocenters. The van der Waals surface area contributed by atoms with Crippen molar-refractivity contribution in [3.05, 3.63) is 84.9 Å². The van der Waals surface area contributed by atoms with Gasteiger partial charge in [0.15, 0.2) is 0 Å². The maximum Gasteiger partial charge on any atom is 0.0987 e. The number of nitrogens with one attached hydrogen (secondary N) is 2. The lowest BCUT2D eigenvalue weighted by atomic mass is 9.92. The number of hydrogen-bond acceptors (Lipinski definition) is 4. The largest absolute Gasteiger partial charge is 0.386 e. The highest BCUT2D eigenvalue weighted by Gasteiger charge is 2.17. The van der Waals surface area contributed by atoms with Crippen LogP contribution in [0.1, 0.15) is 116 Å². The van der Waals surface area contributed by atoms with E-state index in [4.69, 9.17) is 5.26 Å². The zero-order valence-electron chi connectivity index (χ0n) is 28.9. The third-order valence-electron chi connectivity index (χ3n) is 5.55. The third kappa shape index (κ3) is 29.5. The Hall–Kier alpha value is -3.06. The number of aliphatic imine (C=N–C) groups is 1. The molecule has 40 heavy (non-hydrogen) atoms. The van der Waals surface area contributed by atoms with Crippen LogP contribution in [0.4, 0.5) is 0 Å². The molecule has 0 amide bonds. The molecule has 4 nitrogen and oxygen atoms in total. The summed E-state index contributed by atoms with van der Waals surface area (Å²) in [5.74, 6) is 0.652. The predicted molar refractivity (Wildman–Crippen MR) is 187 cm³/mol. The van der Waals surface area contributed by atoms with E-state index in [1.165, 1.54) is 30.5 Å². The van der Waals surface area contributed by atoms with Crippen LogP contribution in [-0.2, 0) is 0 Å². The standard InChI is InChI=1S/C17H30N2.C7H13N.C6H7N.2C2H6.C2H4/c1-7-16(11-18-15(6)12(2)3)10-17-13(4)8-9-14(5)19-17;1-5-7(4)8-6(2)3;1-5(2)6(3)4-7;3*1-2/h14,16,18-19H,2,6-11H2,1,3-5H3;5H,1-4H3;1,3H2,2H3;2*1-2H3;1-2H2/b;7-5-;;;;. The van der Waals surface area contributed by atoms with Crippen molar-refractivity contribution in [2.45, 2.75) is 122 Å². The normalized spacial score (nSPS) is 13.7. The zero-order chi connectivity index (χ0) is 32.8. The third-order valence-corrected chi connectivity index (χ3v) is 5.55. The Morgan fingerprint density at radius 1 is 1.05 bits per heavy atom. The van der Waals surface area contributed by atoms with E-state index in [1.807, 2.05) is 74.5 Å². The summed E-state index contributed by atoms with van der Waals surface area (Å²) in [7, 11) is 0. The summed E-state index contributed by atoms with van der Waals surface area (Å²) in [5.41, 5.74) is 8.39. The summed E-state index contributed by atoms with van der Waals surface area (Å²) >= 11 is 0. The molecule has 0 saturated heterocycles. The topological polar surface area (TPSA) is 60.2 Å². The lowest BCUT2D eigenvalue weighted by molar-refractivity contribution is 0.435. The van der Waals surface area contributed by atoms with Gasteiger partial charge in [0, 0.05) is 41.0 Å². The van der Waals surface area contributed by atoms with Crippen LogP contribution in [0.15, 0.2) is 89.9 Å². The van der Waals surface area contributed by atoms with Crippen LogP contribution in [0.5, 0.6) is 0 Å². The van der Waals surface area contributed by atoms with Crippen LogP contribution in [-0.4, -0.2) is 18.3 Å². The Morgan fingerprint density at radius 3 is 1.85 bits per heavy atom. The van der Waals surface area contributed by atoms with Gasteiger partial charge in [0.25, 0.3) is 0 Å². The molecule has 1 rings (SSSR count). The monoisotopic (exact) mass is 555 g/mol. The molecular weight excluding hydrogens is 488 g/mol. The van der Waals surface area contributed by atoms with E-state index in [2.05, 4.69) is 75.9 Å². The highest BCUT2D eigenvalue weighted by Crippen LogP contribution is 2.24. The first kappa shape index (κ1) is 46.8. The van der Waals surface area contributed by atoms with Gasteiger partial charge in [-0.05, 0) is 91.7 Å². The second kappa shape index (κ2) is 32.2. The van der Waals surface area contributed by atoms with Gasteiger partial charge < -0.3 is 10.6 Å². The van der Waals surface area contributed by atoms with Gasteiger partial charge in [0.2, 0.25) is 0 Å². The first-order valence-electron chi connectivity index (χ1n) is 14.7. The van der Waals surface area contributed by atoms with Crippen LogP contribution in [0, 0.1) is 17.2 Å². The Kier molecular flexibility index (Phi) is 37.6. The maximum absolute atomic E-state index is 8.09. The number of rotatable bonds is 9. The summed E-state index contributed by atoms with van der Waals surface area (Å²) in [6.45, 7) is 48.3. The second-order valence-corrected chi connectivity index (χ2v) is 9.32. The fraction of sp³-hybridized carbons (Fsp3) is 0.556. The molecule has 0 saturated carbocycles. The molecule has 0 aromatic heterocycles. The molecule has 0 spiro atoms. The molecule has 0 radical (unpaired) electrons. The lowest BCUT2D eigenvalue weighted by Crippen LogP contribution is -2.32. The molecule has 0 aromatic carbocycles. The van der Waals surface area contributed by atoms with E-state index in [9.17, 15) is 0 Å². The SMILES string of the molecule is C/C=C(/C)N=C(C)C.C=C.C=C(C)C(=C)C#N.C=C(C)C(=C)NCC(CC)CC1=C(C)CCC(C)N1.CC.CC. The van der Waals surface area contributed by atoms with Gasteiger partial charge in [-0.2, -0.15) is 5.26 Å². The van der Waals surface area contributed by atoms with Gasteiger partial charge in [-0.1, -0.05) is 79.0 Å². The summed E-state index contributed by atoms with van der Waals surface area (Å²) in [6, 6.07) is 2.49. The molecule has 230 valence electrons. The lowest BCUT2D eigenvalue weighted by Gasteiger charge is -2.28. The molecule has 0 fully saturated rings. The summed E-state index contributed by atoms with van der Waals surface area (Å²) in [4.78, 5) is 4.17. The van der Waals surface area contributed by atoms with Crippen LogP contribution in [0.25, 0.3) is 0 Å². The molecule has 2 atom stereocenters. The van der Waals surface area contributed by atoms with Gasteiger partial charge >= 0.3 is 0 Å². The van der Waals surface area contributed by atoms with Crippen LogP contribution >= 0.6 is 0 Å². The van der Waals surface area contributed by atoms with E-state index in [0.29, 0.717) is 17.5 Å². The highest BCUT2D eigenvalue weighted by molar-refractivity contribution is 5.80. The quantitative estimate of drug-likeness (QED) is 0.129. The van der Waals surface area contributed by atoms with Gasteiger partial charge in [-0.25, -0.2) is 0 Å². The van der Waals surface area contributed by atoms with Crippen molar-refractivity contribution in [1.29, 1.82) is 5.26 Å². The summed E-state index contributed by atoms with van der Waals surface area (Å²) in [5, 5.41) is 15.2. The average molecular weight is 555 g/mol. The molecule has 1 aliphatic heterocycles. The predicted octanol–water partition coefficient (Wildman–Crippen LogP) is 11.0. The van der Waals surface area contributed by atoms with Crippen molar-refractivity contribution in [2.24, 2.45) is 10.9 Å². The number of allylic oxidation sites excluding steroid dienone is 7. The van der Waals surface area contributed by atoms with Crippen molar-refractivity contribution in [2.75, 3.05) is 6.54 Å². The van der Waals surface area contributed by atoms with Crippen molar-refractivity contribution < 1.29 is 0 Å². The van der Waals surface area contributed by atoms with Crippen molar-refractivity contribution in [3.63, 3.8) is 0 Å². The Labute approximate surface area is 251 Å². The van der Waals surface area contributed by atoms with Crippen molar-refractivity contribution in [3.8, 4) is 6.07 Å². The Bertz CT molecular complexity index is 843. The van der Waals surface area contributed by atoms with E-state index in [0.717, 1.165) is 41.2 Å². The smallest absolute Gasteiger partial charge is 0.0987 e. The van der Waals surface area contributed by atoms with Gasteiger partial charge in [0.05, 0.1) is 6.07 Å². The zero-order valence-corrected chi connectivity index (χ0v) is 28.9. The molecule has 4 heteroatoms. The first-order valence-corrected chi connectivity index (χ1v) is 14.7. The van der Waals surface area contributed by atoms with Gasteiger partial charge in [-0.3, -0.25) is 4.99 Å². The van der Waals surface area contributed by atoms with E-state index >= 15 is 0 Å². The van der Waals surface area contributed by atoms with Gasteiger partial charge in [0.1, 0.15) is 0 Å². The fourth-order valence-corrected chi connectivity index (χ4v) is 2.89. The van der Waals surface area contributed by atoms with Crippen LogP contribution in [0.2, 0.25) is 0 Å². The second-order valence-electron chi connectivity index (χ2n) is 9.32. The minimum absolute atomic E-state index is 0.458. The summed E-state index contributed by atoms with van der Waals surface area (Å²) in [6.07, 6.45) is 6.82. The van der Waals surface area contributed by atoms with E-state index in [1.54, 1.807) is 6.92 Å². The number of hydrogen-bond donors (Lipinski definition) is 2. The highest BCUT2D eigenvalue weighted by atomic mass is 14.9. The minimum Gasteiger partial charge on any atom is -0.386 e. The van der Waals surface area contributed by atoms with Crippen molar-refractivity contribution in [1.82, 2.24) is 10.6 Å². The van der Waals surface area contributed by atoms with E-state index in [-0.39, 0.29) is 0 Å². The molecule has 0 bridgehead atoms. The molecule has 1 aliphatic rings. The van der Waals surface area contributed by atoms with Crippen LogP contribution < -0.4 is 10.6 Å². The molecule has 2 N–H and O–H groups in total. The molecular formula is C36H66N4. The summed E-state index contributed by atoms with van der Waals surface area (Å²) < 4.78 is 0. The fourth-order valence-electron chi connectivity index (χ4n) is 2.89. The number of nitrogens with zero attached hydrogens (tertiary/aromatic N) is 2. The molecule has 1 heterocycles. The van der Waals surface area contributed by atoms with Gasteiger partial charge in [-0.15, -0.1) is 13.2 Å². The number of nitriles is 1. The average Bonchev–Trinajstić information content (AvgIpc) is 2.95. The minimum atomic E-state index is 0.458. The van der Waals surface area contributed by atoms with Crippen molar-refractivity contribution >= 4 is 5.71 Å². The molecule has 0 aromatic rings. The molecule has 0 aliphatic carbocycles. The first-order chi connectivity index (χ1) is 18.8. The maximum atomic E-state index is 8.09. The Morgan fingerprint density at radius 2 is 1.55 bits per heavy atom. The van der Waals surface area contributed by atoms with Crippen LogP contribution in [0.3, 0.4) is 0 Å².